The number of anilines is 1. The molecule has 1 fully saturated rings. The summed E-state index contributed by atoms with van der Waals surface area (Å²) in [7, 11) is -3.30. The van der Waals surface area contributed by atoms with Gasteiger partial charge in [0.1, 0.15) is 0 Å². The first kappa shape index (κ1) is 15.3. The van der Waals surface area contributed by atoms with Crippen molar-refractivity contribution in [3.05, 3.63) is 29.3 Å². The molecule has 5 nitrogen and oxygen atoms in total. The van der Waals surface area contributed by atoms with Crippen molar-refractivity contribution >= 4 is 15.7 Å². The number of benzene rings is 1. The van der Waals surface area contributed by atoms with Crippen molar-refractivity contribution < 1.29 is 13.5 Å². The third kappa shape index (κ3) is 3.13. The molecule has 1 N–H and O–H groups in total. The monoisotopic (exact) mass is 298 g/mol. The molecule has 1 heterocycles. The Balaban J connectivity index is 2.07. The van der Waals surface area contributed by atoms with Gasteiger partial charge in [-0.05, 0) is 31.0 Å². The molecular formula is C14H22N2O3S. The van der Waals surface area contributed by atoms with Crippen molar-refractivity contribution in [2.24, 2.45) is 0 Å². The maximum absolute atomic E-state index is 11.9. The van der Waals surface area contributed by atoms with Crippen molar-refractivity contribution in [2.75, 3.05) is 43.4 Å². The predicted molar refractivity (Wildman–Crippen MR) is 80.6 cm³/mol. The van der Waals surface area contributed by atoms with Gasteiger partial charge < -0.3 is 10.0 Å². The van der Waals surface area contributed by atoms with E-state index < -0.39 is 10.0 Å². The van der Waals surface area contributed by atoms with E-state index in [4.69, 9.17) is 5.11 Å². The predicted octanol–water partition coefficient (Wildman–Crippen LogP) is 0.748. The zero-order valence-electron chi connectivity index (χ0n) is 12.0. The Morgan fingerprint density at radius 3 is 2.40 bits per heavy atom. The van der Waals surface area contributed by atoms with Crippen LogP contribution in [0.3, 0.4) is 0 Å². The van der Waals surface area contributed by atoms with E-state index in [-0.39, 0.29) is 12.4 Å². The zero-order valence-corrected chi connectivity index (χ0v) is 12.9. The number of sulfonamides is 1. The lowest BCUT2D eigenvalue weighted by atomic mass is 10.1. The normalized spacial score (nSPS) is 17.4. The highest BCUT2D eigenvalue weighted by Crippen LogP contribution is 2.24. The van der Waals surface area contributed by atoms with Gasteiger partial charge in [0.05, 0.1) is 12.4 Å². The van der Waals surface area contributed by atoms with E-state index in [0.717, 1.165) is 0 Å². The standard InChI is InChI=1S/C14H22N2O3S/c1-12-4-3-5-14(13(12)2)15-6-8-16(9-7-15)20(18,19)11-10-17/h3-5,17H,6-11H2,1-2H3. The lowest BCUT2D eigenvalue weighted by Gasteiger charge is -2.36. The average molecular weight is 298 g/mol. The molecule has 6 heteroatoms. The van der Waals surface area contributed by atoms with E-state index in [1.807, 2.05) is 6.07 Å². The number of nitrogens with zero attached hydrogens (tertiary/aromatic N) is 2. The molecule has 1 aromatic carbocycles. The Kier molecular flexibility index (Phi) is 4.67. The highest BCUT2D eigenvalue weighted by atomic mass is 32.2. The SMILES string of the molecule is Cc1cccc(N2CCN(S(=O)(=O)CCO)CC2)c1C. The van der Waals surface area contributed by atoms with Crippen LogP contribution in [0.5, 0.6) is 0 Å². The molecule has 0 saturated carbocycles. The van der Waals surface area contributed by atoms with Crippen LogP contribution in [0, 0.1) is 13.8 Å². The summed E-state index contributed by atoms with van der Waals surface area (Å²) in [4.78, 5) is 2.23. The van der Waals surface area contributed by atoms with Crippen LogP contribution in [-0.4, -0.2) is 56.4 Å². The largest absolute Gasteiger partial charge is 0.395 e. The second-order valence-corrected chi connectivity index (χ2v) is 7.23. The van der Waals surface area contributed by atoms with Gasteiger partial charge in [0.2, 0.25) is 10.0 Å². The van der Waals surface area contributed by atoms with Gasteiger partial charge >= 0.3 is 0 Å². The molecule has 0 spiro atoms. The number of aliphatic hydroxyl groups is 1. The first-order chi connectivity index (χ1) is 9.45. The fourth-order valence-electron chi connectivity index (χ4n) is 2.53. The van der Waals surface area contributed by atoms with Gasteiger partial charge in [-0.3, -0.25) is 0 Å². The summed E-state index contributed by atoms with van der Waals surface area (Å²) in [6.07, 6.45) is 0. The fraction of sp³-hybridized carbons (Fsp3) is 0.571. The zero-order chi connectivity index (χ0) is 14.8. The van der Waals surface area contributed by atoms with Gasteiger partial charge in [0.25, 0.3) is 0 Å². The molecule has 0 unspecified atom stereocenters. The summed E-state index contributed by atoms with van der Waals surface area (Å²) < 4.78 is 25.3. The van der Waals surface area contributed by atoms with Crippen LogP contribution in [0.4, 0.5) is 5.69 Å². The average Bonchev–Trinajstić information content (AvgIpc) is 2.42. The van der Waals surface area contributed by atoms with Gasteiger partial charge in [-0.1, -0.05) is 12.1 Å². The first-order valence-electron chi connectivity index (χ1n) is 6.85. The second-order valence-electron chi connectivity index (χ2n) is 5.14. The van der Waals surface area contributed by atoms with E-state index >= 15 is 0 Å². The summed E-state index contributed by atoms with van der Waals surface area (Å²) in [5, 5.41) is 8.81. The van der Waals surface area contributed by atoms with E-state index in [1.165, 1.54) is 21.1 Å². The quantitative estimate of drug-likeness (QED) is 0.891. The Hall–Kier alpha value is -1.11. The Bertz CT molecular complexity index is 564. The third-order valence-electron chi connectivity index (χ3n) is 3.90. The molecule has 1 saturated heterocycles. The van der Waals surface area contributed by atoms with Crippen molar-refractivity contribution in [3.8, 4) is 0 Å². The molecule has 0 radical (unpaired) electrons. The topological polar surface area (TPSA) is 60.9 Å². The van der Waals surface area contributed by atoms with Crippen LogP contribution in [0.2, 0.25) is 0 Å². The maximum Gasteiger partial charge on any atom is 0.216 e. The Morgan fingerprint density at radius 1 is 1.15 bits per heavy atom. The third-order valence-corrected chi connectivity index (χ3v) is 5.75. The Labute approximate surface area is 120 Å². The molecule has 1 aliphatic heterocycles. The minimum absolute atomic E-state index is 0.184. The smallest absolute Gasteiger partial charge is 0.216 e. The summed E-state index contributed by atoms with van der Waals surface area (Å²) in [6.45, 7) is 6.20. The minimum atomic E-state index is -3.30. The van der Waals surface area contributed by atoms with E-state index in [2.05, 4.69) is 30.9 Å². The van der Waals surface area contributed by atoms with Crippen molar-refractivity contribution in [1.82, 2.24) is 4.31 Å². The fourth-order valence-corrected chi connectivity index (χ4v) is 3.74. The number of hydrogen-bond acceptors (Lipinski definition) is 4. The van der Waals surface area contributed by atoms with Gasteiger partial charge in [-0.15, -0.1) is 0 Å². The molecule has 0 aliphatic carbocycles. The molecule has 2 rings (SSSR count). The highest BCUT2D eigenvalue weighted by molar-refractivity contribution is 7.89. The molecule has 0 bridgehead atoms. The summed E-state index contributed by atoms with van der Waals surface area (Å²) >= 11 is 0. The van der Waals surface area contributed by atoms with Crippen LogP contribution < -0.4 is 4.90 Å². The minimum Gasteiger partial charge on any atom is -0.395 e. The van der Waals surface area contributed by atoms with Gasteiger partial charge in [0.15, 0.2) is 0 Å². The number of aliphatic hydroxyl groups excluding tert-OH is 1. The molecule has 1 aromatic rings. The van der Waals surface area contributed by atoms with Crippen LogP contribution in [0.15, 0.2) is 18.2 Å². The lowest BCUT2D eigenvalue weighted by Crippen LogP contribution is -2.49. The number of rotatable bonds is 4. The Morgan fingerprint density at radius 2 is 1.80 bits per heavy atom. The van der Waals surface area contributed by atoms with Crippen molar-refractivity contribution in [1.29, 1.82) is 0 Å². The van der Waals surface area contributed by atoms with Crippen LogP contribution in [-0.2, 0) is 10.0 Å². The highest BCUT2D eigenvalue weighted by Gasteiger charge is 2.26. The van der Waals surface area contributed by atoms with Crippen LogP contribution in [0.1, 0.15) is 11.1 Å². The molecule has 20 heavy (non-hydrogen) atoms. The van der Waals surface area contributed by atoms with Crippen molar-refractivity contribution in [2.45, 2.75) is 13.8 Å². The number of aryl methyl sites for hydroxylation is 1. The summed E-state index contributed by atoms with van der Waals surface area (Å²) in [5.74, 6) is -0.184. The lowest BCUT2D eigenvalue weighted by molar-refractivity contribution is 0.312. The number of piperazine rings is 1. The van der Waals surface area contributed by atoms with Crippen LogP contribution >= 0.6 is 0 Å². The van der Waals surface area contributed by atoms with E-state index in [9.17, 15) is 8.42 Å². The van der Waals surface area contributed by atoms with Crippen molar-refractivity contribution in [3.63, 3.8) is 0 Å². The molecule has 1 aliphatic rings. The molecule has 0 atom stereocenters. The van der Waals surface area contributed by atoms with Gasteiger partial charge in [-0.25, -0.2) is 8.42 Å². The van der Waals surface area contributed by atoms with E-state index in [0.29, 0.717) is 26.2 Å². The first-order valence-corrected chi connectivity index (χ1v) is 8.46. The molecular weight excluding hydrogens is 276 g/mol. The summed E-state index contributed by atoms with van der Waals surface area (Å²) in [5.41, 5.74) is 3.68. The molecule has 0 amide bonds. The van der Waals surface area contributed by atoms with Gasteiger partial charge in [0, 0.05) is 31.9 Å². The molecule has 112 valence electrons. The maximum atomic E-state index is 11.9. The number of hydrogen-bond donors (Lipinski definition) is 1. The molecule has 0 aromatic heterocycles. The van der Waals surface area contributed by atoms with E-state index in [1.54, 1.807) is 0 Å². The van der Waals surface area contributed by atoms with Gasteiger partial charge in [-0.2, -0.15) is 4.31 Å². The second kappa shape index (κ2) is 6.11. The van der Waals surface area contributed by atoms with Crippen LogP contribution in [0.25, 0.3) is 0 Å². The summed E-state index contributed by atoms with van der Waals surface area (Å²) in [6, 6.07) is 6.20.